The molecule has 1 saturated heterocycles. The van der Waals surface area contributed by atoms with Gasteiger partial charge in [-0.15, -0.1) is 0 Å². The van der Waals surface area contributed by atoms with Gasteiger partial charge in [-0.3, -0.25) is 0 Å². The summed E-state index contributed by atoms with van der Waals surface area (Å²) in [6, 6.07) is 0. The Balaban J connectivity index is 2.67. The second-order valence-electron chi connectivity index (χ2n) is 3.59. The monoisotopic (exact) mass is 174 g/mol. The first kappa shape index (κ1) is 9.96. The average Bonchev–Trinajstić information content (AvgIpc) is 2.29. The normalized spacial score (nSPS) is 44.8. The highest BCUT2D eigenvalue weighted by Crippen LogP contribution is 2.33. The summed E-state index contributed by atoms with van der Waals surface area (Å²) < 4.78 is 11.1. The Hall–Kier alpha value is -0.120. The molecule has 3 nitrogen and oxygen atoms in total. The van der Waals surface area contributed by atoms with E-state index < -0.39 is 11.7 Å². The van der Waals surface area contributed by atoms with Gasteiger partial charge in [0.2, 0.25) is 0 Å². The van der Waals surface area contributed by atoms with Crippen molar-refractivity contribution in [2.24, 2.45) is 0 Å². The molecular formula is C9H18O3. The molecule has 1 heterocycles. The summed E-state index contributed by atoms with van der Waals surface area (Å²) in [5.41, 5.74) is -0.541. The maximum atomic E-state index is 9.49. The van der Waals surface area contributed by atoms with E-state index in [1.54, 1.807) is 6.92 Å². The standard InChI is InChI=1S/C9H18O3/c1-5-8-11-7(3)9(4,12-8)6(2)10/h6-8,10H,5H2,1-4H3. The number of hydrogen-bond donors (Lipinski definition) is 1. The van der Waals surface area contributed by atoms with Crippen molar-refractivity contribution in [3.63, 3.8) is 0 Å². The predicted octanol–water partition coefficient (Wildman–Crippen LogP) is 1.30. The second kappa shape index (κ2) is 3.32. The first-order valence-electron chi connectivity index (χ1n) is 4.52. The Bertz CT molecular complexity index is 158. The largest absolute Gasteiger partial charge is 0.390 e. The van der Waals surface area contributed by atoms with Crippen LogP contribution in [0.15, 0.2) is 0 Å². The second-order valence-corrected chi connectivity index (χ2v) is 3.59. The highest BCUT2D eigenvalue weighted by atomic mass is 16.7. The van der Waals surface area contributed by atoms with Crippen LogP contribution < -0.4 is 0 Å². The zero-order valence-corrected chi connectivity index (χ0v) is 8.20. The van der Waals surface area contributed by atoms with Crippen LogP contribution in [0.2, 0.25) is 0 Å². The Labute approximate surface area is 73.7 Å². The van der Waals surface area contributed by atoms with Gasteiger partial charge < -0.3 is 14.6 Å². The third kappa shape index (κ3) is 1.49. The summed E-state index contributed by atoms with van der Waals surface area (Å²) in [7, 11) is 0. The van der Waals surface area contributed by atoms with E-state index in [0.717, 1.165) is 6.42 Å². The molecule has 0 bridgehead atoms. The number of ether oxygens (including phenoxy) is 2. The van der Waals surface area contributed by atoms with E-state index in [0.29, 0.717) is 0 Å². The molecule has 1 fully saturated rings. The molecule has 0 spiro atoms. The third-order valence-electron chi connectivity index (χ3n) is 2.71. The molecule has 0 aromatic heterocycles. The Morgan fingerprint density at radius 2 is 2.17 bits per heavy atom. The van der Waals surface area contributed by atoms with E-state index in [9.17, 15) is 5.11 Å². The molecule has 72 valence electrons. The Morgan fingerprint density at radius 3 is 2.42 bits per heavy atom. The molecule has 0 amide bonds. The quantitative estimate of drug-likeness (QED) is 0.685. The van der Waals surface area contributed by atoms with Gasteiger partial charge in [0.1, 0.15) is 5.60 Å². The van der Waals surface area contributed by atoms with Gasteiger partial charge in [0.05, 0.1) is 12.2 Å². The number of aliphatic hydroxyl groups excluding tert-OH is 1. The molecule has 0 aromatic carbocycles. The maximum absolute atomic E-state index is 9.49. The van der Waals surface area contributed by atoms with Crippen molar-refractivity contribution in [1.82, 2.24) is 0 Å². The van der Waals surface area contributed by atoms with E-state index in [2.05, 4.69) is 0 Å². The van der Waals surface area contributed by atoms with Crippen LogP contribution in [0.25, 0.3) is 0 Å². The minimum Gasteiger partial charge on any atom is -0.390 e. The van der Waals surface area contributed by atoms with Crippen molar-refractivity contribution in [3.8, 4) is 0 Å². The first-order chi connectivity index (χ1) is 5.50. The average molecular weight is 174 g/mol. The van der Waals surface area contributed by atoms with Crippen LogP contribution >= 0.6 is 0 Å². The summed E-state index contributed by atoms with van der Waals surface area (Å²) in [5.74, 6) is 0. The van der Waals surface area contributed by atoms with Crippen molar-refractivity contribution in [1.29, 1.82) is 0 Å². The molecule has 4 atom stereocenters. The summed E-state index contributed by atoms with van der Waals surface area (Å²) in [6.45, 7) is 7.56. The van der Waals surface area contributed by atoms with Crippen molar-refractivity contribution < 1.29 is 14.6 Å². The van der Waals surface area contributed by atoms with Gasteiger partial charge in [0.25, 0.3) is 0 Å². The number of aliphatic hydroxyl groups is 1. The van der Waals surface area contributed by atoms with Crippen molar-refractivity contribution in [2.45, 2.75) is 58.2 Å². The molecule has 1 aliphatic rings. The highest BCUT2D eigenvalue weighted by molar-refractivity contribution is 4.91. The van der Waals surface area contributed by atoms with Gasteiger partial charge in [-0.1, -0.05) is 6.92 Å². The van der Waals surface area contributed by atoms with Gasteiger partial charge in [0.15, 0.2) is 6.29 Å². The molecule has 4 unspecified atom stereocenters. The fourth-order valence-corrected chi connectivity index (χ4v) is 1.39. The molecule has 0 aromatic rings. The SMILES string of the molecule is CCC1OC(C)C(C)(C(C)O)O1. The van der Waals surface area contributed by atoms with Gasteiger partial charge in [-0.25, -0.2) is 0 Å². The fourth-order valence-electron chi connectivity index (χ4n) is 1.39. The molecule has 0 aliphatic carbocycles. The van der Waals surface area contributed by atoms with Gasteiger partial charge in [-0.05, 0) is 27.2 Å². The van der Waals surface area contributed by atoms with Crippen molar-refractivity contribution >= 4 is 0 Å². The molecule has 0 saturated carbocycles. The first-order valence-corrected chi connectivity index (χ1v) is 4.52. The van der Waals surface area contributed by atoms with Crippen molar-refractivity contribution in [3.05, 3.63) is 0 Å². The molecule has 12 heavy (non-hydrogen) atoms. The lowest BCUT2D eigenvalue weighted by molar-refractivity contribution is -0.119. The van der Waals surface area contributed by atoms with Gasteiger partial charge >= 0.3 is 0 Å². The molecular weight excluding hydrogens is 156 g/mol. The maximum Gasteiger partial charge on any atom is 0.158 e. The number of rotatable bonds is 2. The number of hydrogen-bond acceptors (Lipinski definition) is 3. The molecule has 0 radical (unpaired) electrons. The van der Waals surface area contributed by atoms with E-state index >= 15 is 0 Å². The Morgan fingerprint density at radius 1 is 1.58 bits per heavy atom. The van der Waals surface area contributed by atoms with E-state index in [1.165, 1.54) is 0 Å². The zero-order chi connectivity index (χ0) is 9.35. The minimum atomic E-state index is -0.541. The topological polar surface area (TPSA) is 38.7 Å². The van der Waals surface area contributed by atoms with Crippen LogP contribution in [0.5, 0.6) is 0 Å². The van der Waals surface area contributed by atoms with Crippen LogP contribution in [0.1, 0.15) is 34.1 Å². The third-order valence-corrected chi connectivity index (χ3v) is 2.71. The molecule has 3 heteroatoms. The summed E-state index contributed by atoms with van der Waals surface area (Å²) >= 11 is 0. The van der Waals surface area contributed by atoms with Crippen LogP contribution in [-0.2, 0) is 9.47 Å². The summed E-state index contributed by atoms with van der Waals surface area (Å²) in [6.07, 6.45) is 0.137. The molecule has 1 N–H and O–H groups in total. The highest BCUT2D eigenvalue weighted by Gasteiger charge is 2.46. The molecule has 1 rings (SSSR count). The van der Waals surface area contributed by atoms with Crippen molar-refractivity contribution in [2.75, 3.05) is 0 Å². The predicted molar refractivity (Wildman–Crippen MR) is 45.8 cm³/mol. The lowest BCUT2D eigenvalue weighted by Gasteiger charge is -2.29. The van der Waals surface area contributed by atoms with Crippen LogP contribution in [0.4, 0.5) is 0 Å². The minimum absolute atomic E-state index is 0.0394. The summed E-state index contributed by atoms with van der Waals surface area (Å²) in [5, 5.41) is 9.49. The van der Waals surface area contributed by atoms with Gasteiger partial charge in [0, 0.05) is 0 Å². The van der Waals surface area contributed by atoms with Crippen LogP contribution in [0, 0.1) is 0 Å². The lowest BCUT2D eigenvalue weighted by atomic mass is 9.95. The van der Waals surface area contributed by atoms with Crippen LogP contribution in [0.3, 0.4) is 0 Å². The zero-order valence-electron chi connectivity index (χ0n) is 8.20. The fraction of sp³-hybridized carbons (Fsp3) is 1.00. The Kier molecular flexibility index (Phi) is 2.76. The summed E-state index contributed by atoms with van der Waals surface area (Å²) in [4.78, 5) is 0. The molecule has 1 aliphatic heterocycles. The van der Waals surface area contributed by atoms with E-state index in [-0.39, 0.29) is 12.4 Å². The van der Waals surface area contributed by atoms with E-state index in [1.807, 2.05) is 20.8 Å². The lowest BCUT2D eigenvalue weighted by Crippen LogP contribution is -2.45. The van der Waals surface area contributed by atoms with E-state index in [4.69, 9.17) is 9.47 Å². The van der Waals surface area contributed by atoms with Gasteiger partial charge in [-0.2, -0.15) is 0 Å². The smallest absolute Gasteiger partial charge is 0.158 e. The van der Waals surface area contributed by atoms with Crippen LogP contribution in [-0.4, -0.2) is 29.2 Å².